The number of ether oxygens (including phenoxy) is 1. The van der Waals surface area contributed by atoms with Crippen LogP contribution in [-0.4, -0.2) is 92.7 Å². The van der Waals surface area contributed by atoms with Gasteiger partial charge < -0.3 is 19.4 Å². The zero-order valence-electron chi connectivity index (χ0n) is 23.2. The van der Waals surface area contributed by atoms with E-state index in [0.29, 0.717) is 51.4 Å². The van der Waals surface area contributed by atoms with Gasteiger partial charge >= 0.3 is 6.01 Å². The molecule has 1 aromatic carbocycles. The topological polar surface area (TPSA) is 118 Å². The van der Waals surface area contributed by atoms with E-state index in [-0.39, 0.29) is 13.0 Å². The Morgan fingerprint density at radius 1 is 1.22 bits per heavy atom. The number of halogens is 1. The van der Waals surface area contributed by atoms with Gasteiger partial charge in [-0.3, -0.25) is 14.8 Å². The fourth-order valence-corrected chi connectivity index (χ4v) is 6.19. The number of carbonyl (C=O) groups is 1. The van der Waals surface area contributed by atoms with Crippen molar-refractivity contribution in [1.82, 2.24) is 34.9 Å². The second-order valence-electron chi connectivity index (χ2n) is 11.1. The van der Waals surface area contributed by atoms with Crippen molar-refractivity contribution in [2.24, 2.45) is 0 Å². The van der Waals surface area contributed by atoms with Gasteiger partial charge in [-0.05, 0) is 32.5 Å². The predicted molar refractivity (Wildman–Crippen MR) is 150 cm³/mol. The maximum Gasteiger partial charge on any atom is 0.318 e. The summed E-state index contributed by atoms with van der Waals surface area (Å²) in [6.45, 7) is 7.71. The van der Waals surface area contributed by atoms with Gasteiger partial charge in [-0.25, -0.2) is 4.39 Å². The highest BCUT2D eigenvalue weighted by molar-refractivity contribution is 5.91. The lowest BCUT2D eigenvalue weighted by atomic mass is 10.1. The van der Waals surface area contributed by atoms with Crippen LogP contribution in [0.5, 0.6) is 6.01 Å². The van der Waals surface area contributed by atoms with E-state index in [2.05, 4.69) is 50.7 Å². The van der Waals surface area contributed by atoms with Crippen molar-refractivity contribution in [2.45, 2.75) is 51.0 Å². The number of nitriles is 1. The Balaban J connectivity index is 1.27. The number of aromatic amines is 1. The average molecular weight is 560 g/mol. The normalized spacial score (nSPS) is 21.3. The molecule has 1 amide bonds. The number of hydrogen-bond donors (Lipinski definition) is 1. The number of likely N-dealkylation sites (tertiary alicyclic amines) is 1. The summed E-state index contributed by atoms with van der Waals surface area (Å²) in [6.07, 6.45) is 2.30. The molecule has 0 spiro atoms. The van der Waals surface area contributed by atoms with Crippen molar-refractivity contribution in [3.05, 3.63) is 53.6 Å². The summed E-state index contributed by atoms with van der Waals surface area (Å²) in [5.74, 6) is -1.03. The lowest BCUT2D eigenvalue weighted by molar-refractivity contribution is -0.131. The van der Waals surface area contributed by atoms with E-state index in [1.165, 1.54) is 4.90 Å². The van der Waals surface area contributed by atoms with E-state index in [4.69, 9.17) is 14.7 Å². The number of rotatable bonds is 8. The summed E-state index contributed by atoms with van der Waals surface area (Å²) in [5.41, 5.74) is 3.88. The molecule has 12 heteroatoms. The van der Waals surface area contributed by atoms with E-state index in [1.54, 1.807) is 0 Å². The van der Waals surface area contributed by atoms with Crippen LogP contribution in [0.3, 0.4) is 0 Å². The van der Waals surface area contributed by atoms with Gasteiger partial charge in [0.1, 0.15) is 12.4 Å². The number of aromatic nitrogens is 4. The number of H-pyrrole nitrogens is 1. The molecule has 2 fully saturated rings. The molecule has 0 aliphatic carbocycles. The van der Waals surface area contributed by atoms with Gasteiger partial charge in [-0.2, -0.15) is 20.3 Å². The zero-order chi connectivity index (χ0) is 28.5. The van der Waals surface area contributed by atoms with E-state index >= 15 is 0 Å². The molecule has 0 radical (unpaired) electrons. The molecule has 2 atom stereocenters. The standard InChI is InChI=1S/C29H34FN9O2/c1-19(30)28(40)39-13-12-38(14-20(39)9-10-31)27-23-15-37(17-26-22-7-3-4-8-24(22)34-35-26)16-25(23)32-29(33-27)41-18-21-6-5-11-36(21)2/h3-4,7-8,20-21H,1,5-6,9,11-18H2,2H3,(H,34,35)/t20-,21-/m0/s1. The first-order chi connectivity index (χ1) is 19.9. The predicted octanol–water partition coefficient (Wildman–Crippen LogP) is 2.76. The molecular formula is C29H34FN9O2. The minimum atomic E-state index is -1.01. The number of likely N-dealkylation sites (N-methyl/N-ethyl adjacent to an activating group) is 1. The Labute approximate surface area is 238 Å². The summed E-state index contributed by atoms with van der Waals surface area (Å²) >= 11 is 0. The van der Waals surface area contributed by atoms with Gasteiger partial charge in [0, 0.05) is 56.3 Å². The van der Waals surface area contributed by atoms with Gasteiger partial charge in [-0.15, -0.1) is 0 Å². The minimum Gasteiger partial charge on any atom is -0.462 e. The molecule has 3 aliphatic rings. The summed E-state index contributed by atoms with van der Waals surface area (Å²) in [5, 5.41) is 18.2. The Morgan fingerprint density at radius 3 is 2.85 bits per heavy atom. The number of anilines is 1. The quantitative estimate of drug-likeness (QED) is 0.416. The Bertz CT molecular complexity index is 1500. The largest absolute Gasteiger partial charge is 0.462 e. The highest BCUT2D eigenvalue weighted by Crippen LogP contribution is 2.34. The molecule has 0 bridgehead atoms. The lowest BCUT2D eigenvalue weighted by Gasteiger charge is -2.41. The summed E-state index contributed by atoms with van der Waals surface area (Å²) in [6, 6.07) is 10.4. The fraction of sp³-hybridized carbons (Fsp3) is 0.483. The molecular weight excluding hydrogens is 525 g/mol. The van der Waals surface area contributed by atoms with Gasteiger partial charge in [0.15, 0.2) is 5.83 Å². The van der Waals surface area contributed by atoms with Crippen LogP contribution >= 0.6 is 0 Å². The molecule has 0 saturated carbocycles. The third kappa shape index (κ3) is 5.47. The number of carbonyl (C=O) groups excluding carboxylic acids is 1. The summed E-state index contributed by atoms with van der Waals surface area (Å²) in [7, 11) is 2.11. The van der Waals surface area contributed by atoms with Crippen LogP contribution in [0, 0.1) is 11.3 Å². The van der Waals surface area contributed by atoms with Crippen LogP contribution in [0.1, 0.15) is 36.2 Å². The number of amides is 1. The lowest BCUT2D eigenvalue weighted by Crippen LogP contribution is -2.55. The van der Waals surface area contributed by atoms with Crippen LogP contribution in [0.2, 0.25) is 0 Å². The van der Waals surface area contributed by atoms with Crippen molar-refractivity contribution in [1.29, 1.82) is 5.26 Å². The molecule has 41 heavy (non-hydrogen) atoms. The summed E-state index contributed by atoms with van der Waals surface area (Å²) in [4.78, 5) is 30.2. The van der Waals surface area contributed by atoms with Crippen LogP contribution in [0.4, 0.5) is 10.2 Å². The van der Waals surface area contributed by atoms with Gasteiger partial charge in [-0.1, -0.05) is 24.8 Å². The molecule has 3 aliphatic heterocycles. The monoisotopic (exact) mass is 559 g/mol. The molecule has 6 rings (SSSR count). The third-order valence-electron chi connectivity index (χ3n) is 8.41. The summed E-state index contributed by atoms with van der Waals surface area (Å²) < 4.78 is 19.9. The van der Waals surface area contributed by atoms with Crippen LogP contribution in [-0.2, 0) is 24.4 Å². The smallest absolute Gasteiger partial charge is 0.318 e. The number of nitrogens with one attached hydrogen (secondary N) is 1. The molecule has 11 nitrogen and oxygen atoms in total. The number of hydrogen-bond acceptors (Lipinski definition) is 9. The highest BCUT2D eigenvalue weighted by atomic mass is 19.1. The van der Waals surface area contributed by atoms with Crippen LogP contribution in [0.15, 0.2) is 36.7 Å². The number of fused-ring (bicyclic) bond motifs is 2. The van der Waals surface area contributed by atoms with Gasteiger partial charge in [0.05, 0.1) is 35.4 Å². The first kappa shape index (κ1) is 27.1. The number of piperazine rings is 1. The van der Waals surface area contributed by atoms with Crippen molar-refractivity contribution < 1.29 is 13.9 Å². The molecule has 0 unspecified atom stereocenters. The number of nitrogens with zero attached hydrogens (tertiary/aromatic N) is 8. The SMILES string of the molecule is C=C(F)C(=O)N1CCN(c2nc(OC[C@@H]3CCCN3C)nc3c2CN(Cc2[nH]nc4ccccc24)C3)C[C@@H]1CC#N. The van der Waals surface area contributed by atoms with Crippen molar-refractivity contribution in [2.75, 3.05) is 44.7 Å². The first-order valence-electron chi connectivity index (χ1n) is 14.1. The minimum absolute atomic E-state index is 0.0825. The maximum absolute atomic E-state index is 13.7. The zero-order valence-corrected chi connectivity index (χ0v) is 23.2. The van der Waals surface area contributed by atoms with Crippen molar-refractivity contribution >= 4 is 22.6 Å². The fourth-order valence-electron chi connectivity index (χ4n) is 6.19. The van der Waals surface area contributed by atoms with Crippen molar-refractivity contribution in [3.63, 3.8) is 0 Å². The maximum atomic E-state index is 13.7. The van der Waals surface area contributed by atoms with Crippen LogP contribution < -0.4 is 9.64 Å². The number of benzene rings is 1. The molecule has 214 valence electrons. The molecule has 1 N–H and O–H groups in total. The number of para-hydroxylation sites is 1. The Kier molecular flexibility index (Phi) is 7.55. The third-order valence-corrected chi connectivity index (χ3v) is 8.41. The van der Waals surface area contributed by atoms with Crippen LogP contribution in [0.25, 0.3) is 10.9 Å². The van der Waals surface area contributed by atoms with Crippen molar-refractivity contribution in [3.8, 4) is 12.1 Å². The average Bonchev–Trinajstić information content (AvgIpc) is 3.69. The van der Waals surface area contributed by atoms with E-state index in [1.807, 2.05) is 18.2 Å². The molecule has 5 heterocycles. The highest BCUT2D eigenvalue weighted by Gasteiger charge is 2.36. The van der Waals surface area contributed by atoms with E-state index < -0.39 is 17.8 Å². The van der Waals surface area contributed by atoms with Gasteiger partial charge in [0.2, 0.25) is 0 Å². The molecule has 3 aromatic rings. The van der Waals surface area contributed by atoms with E-state index in [0.717, 1.165) is 53.1 Å². The Hall–Kier alpha value is -4.08. The first-order valence-corrected chi connectivity index (χ1v) is 14.1. The Morgan fingerprint density at radius 2 is 2.07 bits per heavy atom. The molecule has 2 aromatic heterocycles. The second kappa shape index (κ2) is 11.4. The second-order valence-corrected chi connectivity index (χ2v) is 11.1. The van der Waals surface area contributed by atoms with Gasteiger partial charge in [0.25, 0.3) is 5.91 Å². The molecule has 2 saturated heterocycles. The van der Waals surface area contributed by atoms with E-state index in [9.17, 15) is 14.4 Å².